The highest BCUT2D eigenvalue weighted by molar-refractivity contribution is 5.22. The molecule has 22 heavy (non-hydrogen) atoms. The zero-order valence-corrected chi connectivity index (χ0v) is 14.2. The van der Waals surface area contributed by atoms with Crippen molar-refractivity contribution in [3.05, 3.63) is 47.3 Å². The van der Waals surface area contributed by atoms with E-state index in [0.29, 0.717) is 0 Å². The van der Waals surface area contributed by atoms with Crippen LogP contribution in [0.1, 0.15) is 63.5 Å². The molecule has 0 amide bonds. The molecule has 1 N–H and O–H groups in total. The normalized spacial score (nSPS) is 14.9. The van der Waals surface area contributed by atoms with Crippen LogP contribution in [0.25, 0.3) is 0 Å². The van der Waals surface area contributed by atoms with Crippen molar-refractivity contribution < 1.29 is 4.39 Å². The Labute approximate surface area is 131 Å². The molecule has 2 aromatic rings. The molecule has 0 aliphatic rings. The Hall–Kier alpha value is -1.75. The molecule has 2 heterocycles. The maximum Gasteiger partial charge on any atom is 0.141 e. The summed E-state index contributed by atoms with van der Waals surface area (Å²) in [7, 11) is 0. The van der Waals surface area contributed by atoms with E-state index in [4.69, 9.17) is 0 Å². The predicted molar refractivity (Wildman–Crippen MR) is 86.1 cm³/mol. The molecule has 0 spiro atoms. The van der Waals surface area contributed by atoms with Gasteiger partial charge in [-0.05, 0) is 53.2 Å². The molecule has 0 aliphatic heterocycles. The lowest BCUT2D eigenvalue weighted by Gasteiger charge is -2.21. The maximum atomic E-state index is 13.3. The average Bonchev–Trinajstić information content (AvgIpc) is 2.81. The molecule has 5 heteroatoms. The smallest absolute Gasteiger partial charge is 0.141 e. The minimum Gasteiger partial charge on any atom is -0.303 e. The number of nitrogens with zero attached hydrogens (tertiary/aromatic N) is 3. The number of halogens is 1. The van der Waals surface area contributed by atoms with Crippen LogP contribution in [0.5, 0.6) is 0 Å². The first-order valence-corrected chi connectivity index (χ1v) is 7.61. The van der Waals surface area contributed by atoms with E-state index in [0.717, 1.165) is 16.8 Å². The van der Waals surface area contributed by atoms with E-state index < -0.39 is 0 Å². The summed E-state index contributed by atoms with van der Waals surface area (Å²) in [5.74, 6) is -0.310. The molecule has 0 unspecified atom stereocenters. The Bertz CT molecular complexity index is 642. The van der Waals surface area contributed by atoms with Crippen molar-refractivity contribution in [2.75, 3.05) is 0 Å². The number of aryl methyl sites for hydroxylation is 1. The van der Waals surface area contributed by atoms with Gasteiger partial charge in [-0.2, -0.15) is 5.10 Å². The lowest BCUT2D eigenvalue weighted by atomic mass is 10.1. The van der Waals surface area contributed by atoms with Crippen LogP contribution in [-0.2, 0) is 5.54 Å². The van der Waals surface area contributed by atoms with Gasteiger partial charge in [-0.25, -0.2) is 4.39 Å². The Morgan fingerprint density at radius 1 is 1.18 bits per heavy atom. The van der Waals surface area contributed by atoms with Gasteiger partial charge in [0.15, 0.2) is 0 Å². The molecule has 0 aromatic carbocycles. The van der Waals surface area contributed by atoms with Crippen molar-refractivity contribution >= 4 is 0 Å². The first-order chi connectivity index (χ1) is 10.2. The van der Waals surface area contributed by atoms with Crippen LogP contribution in [0.15, 0.2) is 24.7 Å². The maximum absolute atomic E-state index is 13.3. The van der Waals surface area contributed by atoms with Crippen LogP contribution < -0.4 is 5.32 Å². The summed E-state index contributed by atoms with van der Waals surface area (Å²) in [5.41, 5.74) is 2.97. The minimum atomic E-state index is -0.310. The fourth-order valence-corrected chi connectivity index (χ4v) is 2.47. The highest BCUT2D eigenvalue weighted by atomic mass is 19.1. The number of hydrogen-bond donors (Lipinski definition) is 1. The Kier molecular flexibility index (Phi) is 4.66. The molecule has 2 aromatic heterocycles. The van der Waals surface area contributed by atoms with E-state index in [1.807, 2.05) is 18.5 Å². The molecule has 2 rings (SSSR count). The van der Waals surface area contributed by atoms with Gasteiger partial charge >= 0.3 is 0 Å². The van der Waals surface area contributed by atoms with Gasteiger partial charge in [0.25, 0.3) is 0 Å². The second-order valence-corrected chi connectivity index (χ2v) is 6.83. The van der Waals surface area contributed by atoms with Gasteiger partial charge < -0.3 is 5.32 Å². The molecule has 0 fully saturated rings. The van der Waals surface area contributed by atoms with E-state index in [9.17, 15) is 4.39 Å². The molecule has 2 atom stereocenters. The summed E-state index contributed by atoms with van der Waals surface area (Å²) in [6, 6.07) is 1.65. The summed E-state index contributed by atoms with van der Waals surface area (Å²) in [6.07, 6.45) is 5.00. The fraction of sp³-hybridized carbons (Fsp3) is 0.529. The van der Waals surface area contributed by atoms with Crippen molar-refractivity contribution in [3.63, 3.8) is 0 Å². The van der Waals surface area contributed by atoms with Crippen molar-refractivity contribution in [2.45, 2.75) is 59.2 Å². The number of nitrogens with one attached hydrogen (secondary N) is 1. The lowest BCUT2D eigenvalue weighted by Crippen LogP contribution is -2.23. The van der Waals surface area contributed by atoms with E-state index >= 15 is 0 Å². The van der Waals surface area contributed by atoms with Crippen molar-refractivity contribution in [1.29, 1.82) is 0 Å². The first kappa shape index (κ1) is 16.6. The number of hydrogen-bond acceptors (Lipinski definition) is 3. The van der Waals surface area contributed by atoms with Gasteiger partial charge in [0, 0.05) is 30.0 Å². The van der Waals surface area contributed by atoms with Crippen LogP contribution in [-0.4, -0.2) is 14.8 Å². The average molecular weight is 304 g/mol. The second-order valence-electron chi connectivity index (χ2n) is 6.83. The largest absolute Gasteiger partial charge is 0.303 e. The molecule has 120 valence electrons. The van der Waals surface area contributed by atoms with Gasteiger partial charge in [-0.3, -0.25) is 9.67 Å². The molecule has 4 nitrogen and oxygen atoms in total. The first-order valence-electron chi connectivity index (χ1n) is 7.61. The van der Waals surface area contributed by atoms with Crippen LogP contribution in [0.2, 0.25) is 0 Å². The quantitative estimate of drug-likeness (QED) is 0.931. The van der Waals surface area contributed by atoms with Crippen LogP contribution >= 0.6 is 0 Å². The summed E-state index contributed by atoms with van der Waals surface area (Å²) >= 11 is 0. The van der Waals surface area contributed by atoms with Gasteiger partial charge in [-0.1, -0.05) is 0 Å². The van der Waals surface area contributed by atoms with E-state index in [1.54, 1.807) is 6.20 Å². The van der Waals surface area contributed by atoms with Crippen molar-refractivity contribution in [3.8, 4) is 0 Å². The van der Waals surface area contributed by atoms with E-state index in [-0.39, 0.29) is 23.4 Å². The van der Waals surface area contributed by atoms with E-state index in [2.05, 4.69) is 49.3 Å². The van der Waals surface area contributed by atoms with Crippen LogP contribution in [0.4, 0.5) is 4.39 Å². The third kappa shape index (κ3) is 3.71. The molecule has 0 saturated heterocycles. The Morgan fingerprint density at radius 3 is 2.41 bits per heavy atom. The van der Waals surface area contributed by atoms with Gasteiger partial charge in [0.1, 0.15) is 5.82 Å². The summed E-state index contributed by atoms with van der Waals surface area (Å²) < 4.78 is 15.3. The number of rotatable bonds is 4. The highest BCUT2D eigenvalue weighted by Crippen LogP contribution is 2.24. The topological polar surface area (TPSA) is 42.7 Å². The summed E-state index contributed by atoms with van der Waals surface area (Å²) in [5, 5.41) is 8.09. The summed E-state index contributed by atoms with van der Waals surface area (Å²) in [4.78, 5) is 3.91. The number of aromatic nitrogens is 3. The van der Waals surface area contributed by atoms with Gasteiger partial charge in [0.2, 0.25) is 0 Å². The summed E-state index contributed by atoms with van der Waals surface area (Å²) in [6.45, 7) is 12.5. The van der Waals surface area contributed by atoms with Gasteiger partial charge in [0.05, 0.1) is 17.4 Å². The Morgan fingerprint density at radius 2 is 1.86 bits per heavy atom. The number of pyridine rings is 1. The van der Waals surface area contributed by atoms with Crippen molar-refractivity contribution in [2.24, 2.45) is 0 Å². The molecule has 0 saturated carbocycles. The zero-order valence-electron chi connectivity index (χ0n) is 14.2. The SMILES string of the molecule is Cc1nn(C(C)(C)C)cc1[C@@H](C)N[C@@H](C)c1cncc(F)c1. The van der Waals surface area contributed by atoms with Crippen LogP contribution in [0, 0.1) is 12.7 Å². The monoisotopic (exact) mass is 304 g/mol. The molecule has 0 radical (unpaired) electrons. The molecule has 0 bridgehead atoms. The lowest BCUT2D eigenvalue weighted by molar-refractivity contribution is 0.353. The van der Waals surface area contributed by atoms with E-state index in [1.165, 1.54) is 12.3 Å². The second kappa shape index (κ2) is 6.16. The predicted octanol–water partition coefficient (Wildman–Crippen LogP) is 3.89. The zero-order chi connectivity index (χ0) is 16.5. The minimum absolute atomic E-state index is 0.00980. The molecule has 0 aliphatic carbocycles. The Balaban J connectivity index is 2.15. The molecular formula is C17H25FN4. The van der Waals surface area contributed by atoms with Crippen LogP contribution in [0.3, 0.4) is 0 Å². The fourth-order valence-electron chi connectivity index (χ4n) is 2.47. The van der Waals surface area contributed by atoms with Gasteiger partial charge in [-0.15, -0.1) is 0 Å². The third-order valence-electron chi connectivity index (χ3n) is 3.82. The standard InChI is InChI=1S/C17H25FN4/c1-11(14-7-15(18)9-19-8-14)20-12(2)16-10-22(17(4,5)6)21-13(16)3/h7-12,20H,1-6H3/t11-,12+/m0/s1. The molecular weight excluding hydrogens is 279 g/mol. The highest BCUT2D eigenvalue weighted by Gasteiger charge is 2.20. The third-order valence-corrected chi connectivity index (χ3v) is 3.82. The van der Waals surface area contributed by atoms with Crippen molar-refractivity contribution in [1.82, 2.24) is 20.1 Å².